The minimum Gasteiger partial charge on any atom is -0.822 e. The second-order valence-electron chi connectivity index (χ2n) is 19.2. The number of hydrogen-bond donors (Lipinski definition) is 0. The van der Waals surface area contributed by atoms with E-state index < -0.39 is 53.9 Å². The van der Waals surface area contributed by atoms with Crippen LogP contribution >= 0.6 is 53.9 Å². The Labute approximate surface area is 423 Å². The van der Waals surface area contributed by atoms with Crippen molar-refractivity contribution in [3.05, 3.63) is 0 Å². The van der Waals surface area contributed by atoms with Crippen molar-refractivity contribution in [3.8, 4) is 0 Å². The summed E-state index contributed by atoms with van der Waals surface area (Å²) in [6.07, 6.45) is 0. The van der Waals surface area contributed by atoms with Gasteiger partial charge in [0.2, 0.25) is 22.5 Å². The first-order chi connectivity index (χ1) is 30.1. The van der Waals surface area contributed by atoms with Crippen molar-refractivity contribution in [3.63, 3.8) is 0 Å². The van der Waals surface area contributed by atoms with Crippen LogP contribution in [-0.4, -0.2) is 338 Å². The minimum atomic E-state index is -5.39. The van der Waals surface area contributed by atoms with Crippen molar-refractivity contribution in [1.29, 1.82) is 0 Å². The molecule has 0 bridgehead atoms. The molecule has 0 heterocycles. The van der Waals surface area contributed by atoms with Crippen LogP contribution in [0.25, 0.3) is 0 Å². The molecule has 0 saturated carbocycles. The van der Waals surface area contributed by atoms with E-state index in [0.717, 1.165) is 0 Å². The Kier molecular flexibility index (Phi) is 34.4. The van der Waals surface area contributed by atoms with Crippen molar-refractivity contribution in [2.24, 2.45) is 13.5 Å². The monoisotopic (exact) mass is 1120 g/mol. The molecule has 0 aliphatic carbocycles. The zero-order valence-electron chi connectivity index (χ0n) is 50.2. The zero-order chi connectivity index (χ0) is 56.0. The average molecular weight is 1120 g/mol. The summed E-state index contributed by atoms with van der Waals surface area (Å²) in [5.74, 6) is 0. The van der Waals surface area contributed by atoms with Crippen molar-refractivity contribution in [1.82, 2.24) is 84.1 Å². The fourth-order valence-corrected chi connectivity index (χ4v) is 36.6. The Hall–Kier alpha value is 1.37. The van der Waals surface area contributed by atoms with E-state index >= 15 is 0 Å². The summed E-state index contributed by atoms with van der Waals surface area (Å²) in [6, 6.07) is 0. The van der Waals surface area contributed by atoms with Crippen LogP contribution in [0.3, 0.4) is 0 Å². The summed E-state index contributed by atoms with van der Waals surface area (Å²) in [5.41, 5.74) is 0. The quantitative estimate of drug-likeness (QED) is 0.153. The van der Waals surface area contributed by atoms with Gasteiger partial charge in [0.25, 0.3) is 0 Å². The lowest BCUT2D eigenvalue weighted by molar-refractivity contribution is -0.432. The molecule has 0 saturated heterocycles. The van der Waals surface area contributed by atoms with Crippen LogP contribution in [0.5, 0.6) is 0 Å². The summed E-state index contributed by atoms with van der Waals surface area (Å²) in [4.78, 5) is 25.6. The van der Waals surface area contributed by atoms with Crippen molar-refractivity contribution >= 4 is 53.9 Å². The highest BCUT2D eigenvalue weighted by Gasteiger charge is 2.55. The minimum absolute atomic E-state index is 1.95. The van der Waals surface area contributed by atoms with Gasteiger partial charge in [0.05, 0.1) is 0 Å². The van der Waals surface area contributed by atoms with Gasteiger partial charge in [-0.15, -0.1) is 42.0 Å². The molecule has 0 aliphatic rings. The molecule has 0 radical (unpaired) electrons. The lowest BCUT2D eigenvalue weighted by atomic mass is 11.2. The molecule has 68 heavy (non-hydrogen) atoms. The van der Waals surface area contributed by atoms with Gasteiger partial charge in [0.15, 0.2) is 0 Å². The highest BCUT2D eigenvalue weighted by Crippen LogP contribution is 2.76. The van der Waals surface area contributed by atoms with Crippen LogP contribution in [0.4, 0.5) is 0 Å². The normalized spacial score (nSPS) is 14.2. The van der Waals surface area contributed by atoms with Crippen molar-refractivity contribution in [2.75, 3.05) is 254 Å². The Morgan fingerprint density at radius 1 is 0.235 bits per heavy atom. The number of phosphoric acid groups is 1. The van der Waals surface area contributed by atoms with E-state index in [9.17, 15) is 0 Å². The lowest BCUT2D eigenvalue weighted by Crippen LogP contribution is -2.37. The third kappa shape index (κ3) is 18.3. The van der Waals surface area contributed by atoms with Crippen LogP contribution in [0.1, 0.15) is 0 Å². The molecule has 0 spiro atoms. The summed E-state index contributed by atoms with van der Waals surface area (Å²) in [7, 11) is 59.2. The summed E-state index contributed by atoms with van der Waals surface area (Å²) in [6.45, 7) is 0. The number of hydrogen-bond acceptors (Lipinski definition) is 16. The Bertz CT molecular complexity index is 1320. The Morgan fingerprint density at radius 3 is 0.353 bits per heavy atom. The summed E-state index contributed by atoms with van der Waals surface area (Å²) >= 11 is 0. The molecule has 25 nitrogen and oxygen atoms in total. The van der Waals surface area contributed by atoms with Gasteiger partial charge in [-0.05, 0) is 140 Å². The molecule has 0 atom stereocenters. The molecule has 0 aliphatic heterocycles. The van der Waals surface area contributed by atoms with Gasteiger partial charge in [0.1, 0.15) is 0 Å². The first-order valence-corrected chi connectivity index (χ1v) is 32.7. The molecule has 0 rings (SSSR count). The van der Waals surface area contributed by atoms with Gasteiger partial charge in [-0.25, -0.2) is 42.0 Å². The first-order valence-electron chi connectivity index (χ1n) is 21.6. The predicted octanol–water partition coefficient (Wildman–Crippen LogP) is 3.11. The average Bonchev–Trinajstić information content (AvgIpc) is 3.10. The summed E-state index contributed by atoms with van der Waals surface area (Å²) < 4.78 is 65.8. The molecular formula is C36H108N21O4P7. The van der Waals surface area contributed by atoms with Crippen LogP contribution in [0, 0.1) is 0 Å². The SMILES string of the molecule is CN(C)P(=N[P+](N(C)C)(N(C)C)N(C)C)(N(C)C)N(C)C.CN(C)P(=N[P+](N(C)C)(N(C)C)N(C)C)(N(C)C)N(C)C.CN(C)P(=N[P+](N(C)C)(N(C)C)N(C)C)(N(C)C)N(C)C.O=P([O-])([O-])[O-]. The van der Waals surface area contributed by atoms with E-state index in [1.807, 2.05) is 0 Å². The molecule has 0 N–H and O–H groups in total. The van der Waals surface area contributed by atoms with E-state index in [2.05, 4.69) is 338 Å². The Balaban J connectivity index is -0.000000429. The smallest absolute Gasteiger partial charge is 0.355 e. The van der Waals surface area contributed by atoms with Gasteiger partial charge < -0.3 is 19.2 Å². The molecule has 0 unspecified atom stereocenters. The van der Waals surface area contributed by atoms with Crippen molar-refractivity contribution < 1.29 is 19.2 Å². The van der Waals surface area contributed by atoms with Gasteiger partial charge in [0, 0.05) is 127 Å². The maximum Gasteiger partial charge on any atom is 0.355 e. The van der Waals surface area contributed by atoms with Crippen molar-refractivity contribution in [2.45, 2.75) is 0 Å². The molecule has 0 fully saturated rings. The largest absolute Gasteiger partial charge is 0.822 e. The van der Waals surface area contributed by atoms with Gasteiger partial charge in [-0.3, -0.25) is 0 Å². The second-order valence-corrected chi connectivity index (χ2v) is 43.1. The molecule has 0 amide bonds. The number of rotatable bonds is 21. The van der Waals surface area contributed by atoms with Gasteiger partial charge >= 0.3 is 23.6 Å². The van der Waals surface area contributed by atoms with Crippen LogP contribution < -0.4 is 14.7 Å². The Morgan fingerprint density at radius 2 is 0.309 bits per heavy atom. The maximum absolute atomic E-state index is 8.55. The lowest BCUT2D eigenvalue weighted by Gasteiger charge is -2.43. The van der Waals surface area contributed by atoms with Gasteiger partial charge in [-0.1, -0.05) is 0 Å². The van der Waals surface area contributed by atoms with Gasteiger partial charge in [-0.2, -0.15) is 7.82 Å². The highest BCUT2D eigenvalue weighted by molar-refractivity contribution is 7.76. The third-order valence-corrected chi connectivity index (χ3v) is 35.5. The highest BCUT2D eigenvalue weighted by atomic mass is 31.2. The topological polar surface area (TPSA) is 182 Å². The molecule has 32 heteroatoms. The standard InChI is InChI=1S/3C12H36N7P2.H3O4P/c3*1-14(2)20(15(3)4,16(5)6)13-21(17(7)8,18(9)10)19(11)12;1-5(2,3)4/h3*1-12H3;(H3,1,2,3,4)/q3*+1;/p-3. The molecule has 416 valence electrons. The van der Waals surface area contributed by atoms with E-state index in [4.69, 9.17) is 32.8 Å². The maximum atomic E-state index is 8.55. The van der Waals surface area contributed by atoms with Crippen LogP contribution in [-0.2, 0) is 4.57 Å². The molecule has 0 aromatic carbocycles. The summed E-state index contributed by atoms with van der Waals surface area (Å²) in [5, 5.41) is 0. The fourth-order valence-electron chi connectivity index (χ4n) is 8.36. The van der Waals surface area contributed by atoms with E-state index in [0.29, 0.717) is 0 Å². The first kappa shape index (κ1) is 75.9. The van der Waals surface area contributed by atoms with E-state index in [1.165, 1.54) is 0 Å². The molecule has 0 aromatic heterocycles. The van der Waals surface area contributed by atoms with E-state index in [1.54, 1.807) is 0 Å². The fraction of sp³-hybridized carbons (Fsp3) is 1.00. The third-order valence-electron chi connectivity index (χ3n) is 10.4. The molecular weight excluding hydrogens is 1010 g/mol. The second kappa shape index (κ2) is 30.8. The molecule has 0 aromatic rings. The number of nitrogens with zero attached hydrogens (tertiary/aromatic N) is 21. The van der Waals surface area contributed by atoms with Crippen LogP contribution in [0.2, 0.25) is 0 Å². The zero-order valence-corrected chi connectivity index (χ0v) is 56.4. The predicted molar refractivity (Wildman–Crippen MR) is 303 cm³/mol. The van der Waals surface area contributed by atoms with Crippen LogP contribution in [0.15, 0.2) is 13.5 Å². The van der Waals surface area contributed by atoms with E-state index in [-0.39, 0.29) is 0 Å².